The lowest BCUT2D eigenvalue weighted by atomic mass is 9.84. The van der Waals surface area contributed by atoms with Gasteiger partial charge in [0.05, 0.1) is 0 Å². The van der Waals surface area contributed by atoms with Gasteiger partial charge in [0.25, 0.3) is 0 Å². The number of amides is 1. The van der Waals surface area contributed by atoms with Crippen molar-refractivity contribution in [3.63, 3.8) is 0 Å². The van der Waals surface area contributed by atoms with Crippen molar-refractivity contribution >= 4 is 11.6 Å². The molecule has 1 amide bonds. The Morgan fingerprint density at radius 2 is 2.39 bits per heavy atom. The molecule has 18 heavy (non-hydrogen) atoms. The molecule has 0 aliphatic heterocycles. The van der Waals surface area contributed by atoms with Gasteiger partial charge in [0.1, 0.15) is 11.4 Å². The summed E-state index contributed by atoms with van der Waals surface area (Å²) < 4.78 is 13.2. The highest BCUT2D eigenvalue weighted by atomic mass is 19.1. The van der Waals surface area contributed by atoms with Gasteiger partial charge in [-0.05, 0) is 37.0 Å². The number of hydrogen-bond acceptors (Lipinski definition) is 2. The van der Waals surface area contributed by atoms with Gasteiger partial charge < -0.3 is 11.1 Å². The van der Waals surface area contributed by atoms with Gasteiger partial charge in [0, 0.05) is 5.69 Å². The summed E-state index contributed by atoms with van der Waals surface area (Å²) >= 11 is 0. The van der Waals surface area contributed by atoms with E-state index in [1.165, 1.54) is 12.1 Å². The van der Waals surface area contributed by atoms with Crippen LogP contribution in [0.25, 0.3) is 0 Å². The molecule has 1 aromatic rings. The number of nitrogens with one attached hydrogen (secondary N) is 1. The maximum atomic E-state index is 13.2. The van der Waals surface area contributed by atoms with E-state index in [1.54, 1.807) is 12.1 Å². The largest absolute Gasteiger partial charge is 0.371 e. The Morgan fingerprint density at radius 3 is 3.00 bits per heavy atom. The lowest BCUT2D eigenvalue weighted by Gasteiger charge is -2.34. The van der Waals surface area contributed by atoms with Crippen molar-refractivity contribution in [3.8, 4) is 0 Å². The molecule has 2 atom stereocenters. The Morgan fingerprint density at radius 1 is 1.61 bits per heavy atom. The third kappa shape index (κ3) is 2.19. The van der Waals surface area contributed by atoms with E-state index < -0.39 is 5.54 Å². The molecule has 3 N–H and O–H groups in total. The molecule has 0 saturated heterocycles. The molecule has 1 aliphatic carbocycles. The summed E-state index contributed by atoms with van der Waals surface area (Å²) in [6.45, 7) is 2.06. The first-order valence-electron chi connectivity index (χ1n) is 6.42. The molecule has 0 aromatic heterocycles. The summed E-state index contributed by atoms with van der Waals surface area (Å²) in [5, 5.41) is 3.18. The molecule has 2 rings (SSSR count). The predicted octanol–water partition coefficient (Wildman–Crippen LogP) is 2.67. The van der Waals surface area contributed by atoms with Gasteiger partial charge >= 0.3 is 0 Å². The highest BCUT2D eigenvalue weighted by molar-refractivity contribution is 5.88. The van der Waals surface area contributed by atoms with E-state index in [9.17, 15) is 9.18 Å². The van der Waals surface area contributed by atoms with Gasteiger partial charge in [-0.15, -0.1) is 0 Å². The summed E-state index contributed by atoms with van der Waals surface area (Å²) in [5.74, 6) is -0.431. The van der Waals surface area contributed by atoms with Crippen LogP contribution < -0.4 is 11.1 Å². The Kier molecular flexibility index (Phi) is 3.55. The van der Waals surface area contributed by atoms with Crippen molar-refractivity contribution in [1.82, 2.24) is 0 Å². The number of benzene rings is 1. The number of primary amides is 1. The lowest BCUT2D eigenvalue weighted by molar-refractivity contribution is -0.123. The zero-order valence-corrected chi connectivity index (χ0v) is 10.6. The second-order valence-electron chi connectivity index (χ2n) is 4.97. The zero-order valence-electron chi connectivity index (χ0n) is 10.6. The van der Waals surface area contributed by atoms with Crippen LogP contribution >= 0.6 is 0 Å². The van der Waals surface area contributed by atoms with E-state index in [2.05, 4.69) is 12.2 Å². The molecular formula is C14H19FN2O. The fraction of sp³-hybridized carbons (Fsp3) is 0.500. The number of hydrogen-bond donors (Lipinski definition) is 2. The fourth-order valence-corrected chi connectivity index (χ4v) is 3.00. The summed E-state index contributed by atoms with van der Waals surface area (Å²) in [6.07, 6.45) is 3.58. The van der Waals surface area contributed by atoms with Gasteiger partial charge in [0.2, 0.25) is 5.91 Å². The van der Waals surface area contributed by atoms with Gasteiger partial charge in [-0.3, -0.25) is 4.79 Å². The molecule has 98 valence electrons. The Labute approximate surface area is 107 Å². The fourth-order valence-electron chi connectivity index (χ4n) is 3.00. The highest BCUT2D eigenvalue weighted by Crippen LogP contribution is 2.40. The summed E-state index contributed by atoms with van der Waals surface area (Å²) in [7, 11) is 0. The van der Waals surface area contributed by atoms with Crippen LogP contribution in [0.2, 0.25) is 0 Å². The Balaban J connectivity index is 2.29. The van der Waals surface area contributed by atoms with Crippen molar-refractivity contribution in [3.05, 3.63) is 30.1 Å². The van der Waals surface area contributed by atoms with Gasteiger partial charge in [-0.2, -0.15) is 0 Å². The molecule has 3 nitrogen and oxygen atoms in total. The first kappa shape index (κ1) is 12.9. The van der Waals surface area contributed by atoms with E-state index >= 15 is 0 Å². The summed E-state index contributed by atoms with van der Waals surface area (Å²) in [5.41, 5.74) is 5.49. The third-order valence-electron chi connectivity index (χ3n) is 3.95. The number of nitrogens with two attached hydrogens (primary N) is 1. The van der Waals surface area contributed by atoms with E-state index in [1.807, 2.05) is 0 Å². The van der Waals surface area contributed by atoms with E-state index in [0.717, 1.165) is 25.7 Å². The van der Waals surface area contributed by atoms with Crippen molar-refractivity contribution in [2.75, 3.05) is 5.32 Å². The first-order valence-corrected chi connectivity index (χ1v) is 6.42. The number of carbonyl (C=O) groups excluding carboxylic acids is 1. The van der Waals surface area contributed by atoms with Crippen LogP contribution in [0.15, 0.2) is 24.3 Å². The van der Waals surface area contributed by atoms with Gasteiger partial charge in [-0.1, -0.05) is 25.8 Å². The maximum absolute atomic E-state index is 13.2. The minimum atomic E-state index is -0.720. The highest BCUT2D eigenvalue weighted by Gasteiger charge is 2.46. The molecule has 0 spiro atoms. The number of rotatable bonds is 4. The minimum Gasteiger partial charge on any atom is -0.371 e. The third-order valence-corrected chi connectivity index (χ3v) is 3.95. The molecule has 0 radical (unpaired) electrons. The predicted molar refractivity (Wildman–Crippen MR) is 69.6 cm³/mol. The molecule has 0 heterocycles. The van der Waals surface area contributed by atoms with Crippen LogP contribution in [0, 0.1) is 11.7 Å². The molecule has 4 heteroatoms. The van der Waals surface area contributed by atoms with Crippen LogP contribution in [-0.4, -0.2) is 11.4 Å². The van der Waals surface area contributed by atoms with Crippen molar-refractivity contribution in [2.45, 2.75) is 38.1 Å². The van der Waals surface area contributed by atoms with E-state index in [-0.39, 0.29) is 17.6 Å². The Hall–Kier alpha value is -1.58. The maximum Gasteiger partial charge on any atom is 0.243 e. The molecule has 1 aromatic carbocycles. The van der Waals surface area contributed by atoms with Crippen LogP contribution in [0.4, 0.5) is 10.1 Å². The van der Waals surface area contributed by atoms with Crippen LogP contribution in [0.3, 0.4) is 0 Å². The summed E-state index contributed by atoms with van der Waals surface area (Å²) in [6, 6.07) is 6.17. The van der Waals surface area contributed by atoms with E-state index in [4.69, 9.17) is 5.73 Å². The zero-order chi connectivity index (χ0) is 13.2. The van der Waals surface area contributed by atoms with Crippen molar-refractivity contribution < 1.29 is 9.18 Å². The standard InChI is InChI=1S/C14H19FN2O/c1-2-10-5-4-8-14(10,13(16)18)17-12-7-3-6-11(15)9-12/h3,6-7,9-10,17H,2,4-5,8H2,1H3,(H2,16,18). The number of anilines is 1. The normalized spacial score (nSPS) is 27.1. The van der Waals surface area contributed by atoms with E-state index in [0.29, 0.717) is 5.69 Å². The first-order chi connectivity index (χ1) is 8.58. The minimum absolute atomic E-state index is 0.221. The SMILES string of the molecule is CCC1CCCC1(Nc1cccc(F)c1)C(N)=O. The average molecular weight is 250 g/mol. The number of carbonyl (C=O) groups is 1. The Bertz CT molecular complexity index is 449. The van der Waals surface area contributed by atoms with Crippen molar-refractivity contribution in [2.24, 2.45) is 11.7 Å². The molecule has 1 aliphatic rings. The quantitative estimate of drug-likeness (QED) is 0.863. The topological polar surface area (TPSA) is 55.1 Å². The second-order valence-corrected chi connectivity index (χ2v) is 4.97. The van der Waals surface area contributed by atoms with Crippen LogP contribution in [0.5, 0.6) is 0 Å². The van der Waals surface area contributed by atoms with Crippen LogP contribution in [-0.2, 0) is 4.79 Å². The lowest BCUT2D eigenvalue weighted by Crippen LogP contribution is -2.53. The smallest absolute Gasteiger partial charge is 0.243 e. The molecule has 1 fully saturated rings. The average Bonchev–Trinajstić information content (AvgIpc) is 2.73. The van der Waals surface area contributed by atoms with Crippen molar-refractivity contribution in [1.29, 1.82) is 0 Å². The summed E-state index contributed by atoms with van der Waals surface area (Å²) in [4.78, 5) is 11.8. The molecule has 1 saturated carbocycles. The monoisotopic (exact) mass is 250 g/mol. The molecule has 2 unspecified atom stereocenters. The number of halogens is 1. The molecule has 0 bridgehead atoms. The van der Waals surface area contributed by atoms with Gasteiger partial charge in [-0.25, -0.2) is 4.39 Å². The molecular weight excluding hydrogens is 231 g/mol. The van der Waals surface area contributed by atoms with Gasteiger partial charge in [0.15, 0.2) is 0 Å². The van der Waals surface area contributed by atoms with Crippen LogP contribution in [0.1, 0.15) is 32.6 Å². The second kappa shape index (κ2) is 4.96.